The Morgan fingerprint density at radius 1 is 0.568 bits per heavy atom. The van der Waals surface area contributed by atoms with Gasteiger partial charge >= 0.3 is 7.25 Å². The molecule has 0 spiro atoms. The largest absolute Gasteiger partial charge is 0.673 e. The summed E-state index contributed by atoms with van der Waals surface area (Å²) in [6.45, 7) is 0. The minimum atomic E-state index is -6.00. The second-order valence-corrected chi connectivity index (χ2v) is 9.99. The van der Waals surface area contributed by atoms with Crippen LogP contribution in [0.15, 0.2) is 158 Å². The Kier molecular flexibility index (Phi) is 9.40. The predicted molar refractivity (Wildman–Crippen MR) is 169 cm³/mol. The zero-order valence-corrected chi connectivity index (χ0v) is 23.5. The van der Waals surface area contributed by atoms with E-state index in [-0.39, 0.29) is 11.9 Å². The number of hydrogen-bond acceptors (Lipinski definition) is 2. The van der Waals surface area contributed by atoms with Gasteiger partial charge in [-0.1, -0.05) is 133 Å². The van der Waals surface area contributed by atoms with Gasteiger partial charge in [0.15, 0.2) is 0 Å². The molecule has 1 atom stereocenters. The molecular weight excluding hydrogens is 563 g/mol. The lowest BCUT2D eigenvalue weighted by atomic mass is 9.92. The molecule has 1 unspecified atom stereocenters. The van der Waals surface area contributed by atoms with E-state index in [9.17, 15) is 22.1 Å². The highest BCUT2D eigenvalue weighted by Gasteiger charge is 2.28. The van der Waals surface area contributed by atoms with Crippen LogP contribution >= 0.6 is 0 Å². The number of rotatable bonds is 6. The van der Waals surface area contributed by atoms with Crippen molar-refractivity contribution in [1.29, 1.82) is 0 Å². The van der Waals surface area contributed by atoms with Crippen molar-refractivity contribution < 1.29 is 22.1 Å². The number of carbonyl (C=O) groups is 1. The van der Waals surface area contributed by atoms with Crippen LogP contribution in [0.5, 0.6) is 0 Å². The summed E-state index contributed by atoms with van der Waals surface area (Å²) < 4.78 is 39.0. The van der Waals surface area contributed by atoms with Gasteiger partial charge in [-0.15, -0.1) is 0 Å². The summed E-state index contributed by atoms with van der Waals surface area (Å²) in [6.07, 6.45) is 4.37. The van der Waals surface area contributed by atoms with Gasteiger partial charge in [-0.2, -0.15) is 0 Å². The van der Waals surface area contributed by atoms with Crippen LogP contribution in [-0.4, -0.2) is 18.2 Å². The summed E-state index contributed by atoms with van der Waals surface area (Å²) >= 11 is 0. The van der Waals surface area contributed by atoms with Gasteiger partial charge in [-0.05, 0) is 57.7 Å². The Labute approximate surface area is 253 Å². The van der Waals surface area contributed by atoms with Crippen LogP contribution < -0.4 is 5.43 Å². The monoisotopic (exact) mass is 591 g/mol. The van der Waals surface area contributed by atoms with Crippen LogP contribution in [0.4, 0.5) is 17.3 Å². The highest BCUT2D eigenvalue weighted by atomic mass is 19.5. The third kappa shape index (κ3) is 7.92. The number of nitrogens with zero attached hydrogens (tertiary/aromatic N) is 1. The molecule has 1 aliphatic heterocycles. The lowest BCUT2D eigenvalue weighted by Crippen LogP contribution is -2.44. The molecule has 5 aromatic rings. The molecule has 0 aromatic heterocycles. The first kappa shape index (κ1) is 30.1. The van der Waals surface area contributed by atoms with E-state index < -0.39 is 7.25 Å². The Hall–Kier alpha value is -5.37. The van der Waals surface area contributed by atoms with E-state index in [4.69, 9.17) is 0 Å². The van der Waals surface area contributed by atoms with Crippen molar-refractivity contribution in [2.45, 2.75) is 6.04 Å². The molecule has 0 saturated heterocycles. The van der Waals surface area contributed by atoms with E-state index >= 15 is 0 Å². The van der Waals surface area contributed by atoms with Gasteiger partial charge < -0.3 is 17.3 Å². The van der Waals surface area contributed by atoms with Crippen molar-refractivity contribution in [3.63, 3.8) is 0 Å². The molecule has 8 heteroatoms. The van der Waals surface area contributed by atoms with E-state index in [0.717, 1.165) is 39.1 Å². The maximum Gasteiger partial charge on any atom is 0.673 e. The minimum Gasteiger partial charge on any atom is -0.418 e. The molecule has 0 bridgehead atoms. The molecule has 1 heterocycles. The molecule has 44 heavy (non-hydrogen) atoms. The lowest BCUT2D eigenvalue weighted by molar-refractivity contribution is 0.0837. The molecule has 0 saturated carbocycles. The minimum absolute atomic E-state index is 0.158. The molecule has 0 aliphatic carbocycles. The van der Waals surface area contributed by atoms with Crippen molar-refractivity contribution in [3.05, 3.63) is 180 Å². The summed E-state index contributed by atoms with van der Waals surface area (Å²) in [5.41, 5.74) is 11.3. The van der Waals surface area contributed by atoms with Gasteiger partial charge in [0, 0.05) is 5.56 Å². The van der Waals surface area contributed by atoms with Crippen LogP contribution in [0.2, 0.25) is 0 Å². The van der Waals surface area contributed by atoms with Crippen LogP contribution in [-0.2, 0) is 0 Å². The van der Waals surface area contributed by atoms with Crippen LogP contribution in [0.1, 0.15) is 33.1 Å². The highest BCUT2D eigenvalue weighted by Crippen LogP contribution is 2.38. The molecule has 5 aromatic carbocycles. The van der Waals surface area contributed by atoms with E-state index in [1.807, 2.05) is 89.9 Å². The highest BCUT2D eigenvalue weighted by molar-refractivity contribution is 6.50. The number of carbonyl (C=O) groups excluding carboxylic acids is 1. The number of benzene rings is 5. The van der Waals surface area contributed by atoms with Crippen molar-refractivity contribution in [3.8, 4) is 11.1 Å². The SMILES string of the molecule is F[B-](F)(F)F.O=C(NN1C(c2ccccc2)=CC(c2ccccc2)=CC1c1ccccc1)c1ccc(-c2ccccc2)cc1. The third-order valence-corrected chi connectivity index (χ3v) is 6.96. The van der Waals surface area contributed by atoms with E-state index in [0.29, 0.717) is 5.56 Å². The smallest absolute Gasteiger partial charge is 0.418 e. The quantitative estimate of drug-likeness (QED) is 0.158. The van der Waals surface area contributed by atoms with Crippen LogP contribution in [0.3, 0.4) is 0 Å². The summed E-state index contributed by atoms with van der Waals surface area (Å²) in [6, 6.07) is 48.6. The Bertz CT molecular complexity index is 1720. The Morgan fingerprint density at radius 2 is 1.00 bits per heavy atom. The van der Waals surface area contributed by atoms with E-state index in [1.54, 1.807) is 0 Å². The molecule has 220 valence electrons. The number of allylic oxidation sites excluding steroid dienone is 2. The summed E-state index contributed by atoms with van der Waals surface area (Å²) in [5, 5.41) is 1.99. The molecule has 0 radical (unpaired) electrons. The third-order valence-electron chi connectivity index (χ3n) is 6.96. The van der Waals surface area contributed by atoms with Crippen LogP contribution in [0.25, 0.3) is 22.4 Å². The predicted octanol–water partition coefficient (Wildman–Crippen LogP) is 9.48. The molecule has 3 nitrogen and oxygen atoms in total. The van der Waals surface area contributed by atoms with Gasteiger partial charge in [0.2, 0.25) is 0 Å². The van der Waals surface area contributed by atoms with E-state index in [1.165, 1.54) is 0 Å². The number of hydrazine groups is 1. The molecular formula is C36H28BF4N2O-. The van der Waals surface area contributed by atoms with E-state index in [2.05, 4.69) is 78.2 Å². The van der Waals surface area contributed by atoms with Gasteiger partial charge in [0.05, 0.1) is 11.7 Å². The standard InChI is InChI=1S/C36H28N2O.BF4/c39-36(32-23-21-29(22-24-32)27-13-5-1-6-14-27)37-38-34(30-17-9-3-10-18-30)25-33(28-15-7-2-8-16-28)26-35(38)31-19-11-4-12-20-31;2-1(3,4)5/h1-26,34H,(H,37,39);/q;-1. The first-order chi connectivity index (χ1) is 21.3. The van der Waals surface area contributed by atoms with Gasteiger partial charge in [-0.25, -0.2) is 0 Å². The van der Waals surface area contributed by atoms with Crippen molar-refractivity contribution in [1.82, 2.24) is 10.4 Å². The summed E-state index contributed by atoms with van der Waals surface area (Å²) in [5.74, 6) is -0.158. The number of nitrogens with one attached hydrogen (secondary N) is 1. The average Bonchev–Trinajstić information content (AvgIpc) is 3.06. The maximum absolute atomic E-state index is 13.7. The molecule has 1 N–H and O–H groups in total. The fourth-order valence-electron chi connectivity index (χ4n) is 4.94. The second kappa shape index (κ2) is 13.7. The normalized spacial score (nSPS) is 14.5. The zero-order chi connectivity index (χ0) is 30.9. The second-order valence-electron chi connectivity index (χ2n) is 9.99. The topological polar surface area (TPSA) is 32.3 Å². The van der Waals surface area contributed by atoms with Crippen LogP contribution in [0, 0.1) is 0 Å². The number of halogens is 4. The Morgan fingerprint density at radius 3 is 1.52 bits per heavy atom. The Balaban J connectivity index is 0.000000712. The van der Waals surface area contributed by atoms with Gasteiger partial charge in [-0.3, -0.25) is 15.2 Å². The maximum atomic E-state index is 13.7. The average molecular weight is 591 g/mol. The van der Waals surface area contributed by atoms with Gasteiger partial charge in [0.25, 0.3) is 5.91 Å². The van der Waals surface area contributed by atoms with Crippen molar-refractivity contribution >= 4 is 24.4 Å². The lowest BCUT2D eigenvalue weighted by Gasteiger charge is -2.37. The van der Waals surface area contributed by atoms with Gasteiger partial charge in [0.1, 0.15) is 0 Å². The summed E-state index contributed by atoms with van der Waals surface area (Å²) in [7, 11) is -6.00. The molecule has 6 rings (SSSR count). The number of hydrogen-bond donors (Lipinski definition) is 1. The first-order valence-electron chi connectivity index (χ1n) is 14.0. The fraction of sp³-hybridized carbons (Fsp3) is 0.0278. The molecule has 1 amide bonds. The first-order valence-corrected chi connectivity index (χ1v) is 14.0. The zero-order valence-electron chi connectivity index (χ0n) is 23.5. The van der Waals surface area contributed by atoms with Crippen molar-refractivity contribution in [2.75, 3.05) is 0 Å². The summed E-state index contributed by atoms with van der Waals surface area (Å²) in [4.78, 5) is 13.7. The fourth-order valence-corrected chi connectivity index (χ4v) is 4.94. The van der Waals surface area contributed by atoms with Crippen molar-refractivity contribution in [2.24, 2.45) is 0 Å². The number of amides is 1. The molecule has 0 fully saturated rings. The molecule has 1 aliphatic rings.